The van der Waals surface area contributed by atoms with E-state index >= 15 is 0 Å². The van der Waals surface area contributed by atoms with Crippen molar-refractivity contribution in [2.45, 2.75) is 19.3 Å². The van der Waals surface area contributed by atoms with E-state index in [4.69, 9.17) is 0 Å². The smallest absolute Gasteiger partial charge is 0.227 e. The van der Waals surface area contributed by atoms with Crippen LogP contribution in [0.15, 0.2) is 24.3 Å². The molecule has 3 heteroatoms. The van der Waals surface area contributed by atoms with Crippen molar-refractivity contribution in [3.05, 3.63) is 29.8 Å². The third kappa shape index (κ3) is 2.80. The zero-order valence-electron chi connectivity index (χ0n) is 8.53. The van der Waals surface area contributed by atoms with Crippen LogP contribution in [0.3, 0.4) is 0 Å². The summed E-state index contributed by atoms with van der Waals surface area (Å²) in [6.07, 6.45) is 2.58. The fourth-order valence-corrected chi connectivity index (χ4v) is 1.46. The van der Waals surface area contributed by atoms with Crippen LogP contribution in [0, 0.1) is 5.92 Å². The zero-order valence-corrected chi connectivity index (χ0v) is 8.53. The van der Waals surface area contributed by atoms with E-state index in [9.17, 15) is 9.90 Å². The Morgan fingerprint density at radius 1 is 1.27 bits per heavy atom. The summed E-state index contributed by atoms with van der Waals surface area (Å²) in [5.41, 5.74) is 1.84. The average molecular weight is 204 g/mol. The van der Waals surface area contributed by atoms with Crippen molar-refractivity contribution in [2.75, 3.05) is 11.9 Å². The number of carbonyl (C=O) groups is 1. The number of carbonyl (C=O) groups excluding carboxylic acids is 1. The Morgan fingerprint density at radius 2 is 1.93 bits per heavy atom. The fourth-order valence-electron chi connectivity index (χ4n) is 1.46. The van der Waals surface area contributed by atoms with Crippen LogP contribution < -0.4 is 5.32 Å². The quantitative estimate of drug-likeness (QED) is 0.801. The molecule has 1 aliphatic carbocycles. The molecule has 0 spiro atoms. The molecule has 1 aromatic carbocycles. The second-order valence-electron chi connectivity index (χ2n) is 3.91. The molecule has 1 fully saturated rings. The fraction of sp³-hybridized carbons (Fsp3) is 0.417. The number of anilines is 1. The van der Waals surface area contributed by atoms with Crippen LogP contribution in [0.5, 0.6) is 0 Å². The largest absolute Gasteiger partial charge is 0.326 e. The molecule has 15 heavy (non-hydrogen) atoms. The summed E-state index contributed by atoms with van der Waals surface area (Å²) in [6, 6.07) is 7.48. The Bertz CT molecular complexity index is 341. The average Bonchev–Trinajstić information content (AvgIpc) is 3.04. The lowest BCUT2D eigenvalue weighted by molar-refractivity contribution is -0.117. The van der Waals surface area contributed by atoms with Crippen molar-refractivity contribution in [3.8, 4) is 0 Å². The summed E-state index contributed by atoms with van der Waals surface area (Å²) >= 11 is 0. The monoisotopic (exact) mass is 204 g/mol. The Kier molecular flexibility index (Phi) is 3.02. The highest BCUT2D eigenvalue weighted by Gasteiger charge is 2.29. The summed E-state index contributed by atoms with van der Waals surface area (Å²) in [4.78, 5) is 11.4. The first-order valence-electron chi connectivity index (χ1n) is 5.27. The van der Waals surface area contributed by atoms with Gasteiger partial charge in [0, 0.05) is 11.6 Å². The molecule has 79 valence electrons. The van der Waals surface area contributed by atoms with Crippen LogP contribution >= 0.6 is 0 Å². The minimum absolute atomic E-state index is 0.0895. The summed E-state index contributed by atoms with van der Waals surface area (Å²) in [5.74, 6) is 0.345. The Hall–Kier alpha value is -1.35. The SMILES string of the molecule is [O]CCc1ccc(NC(=O)C2CC2)cc1. The van der Waals surface area contributed by atoms with Gasteiger partial charge < -0.3 is 5.32 Å². The third-order valence-electron chi connectivity index (χ3n) is 2.56. The maximum Gasteiger partial charge on any atom is 0.227 e. The number of nitrogens with one attached hydrogen (secondary N) is 1. The predicted molar refractivity (Wildman–Crippen MR) is 57.1 cm³/mol. The Morgan fingerprint density at radius 3 is 2.47 bits per heavy atom. The van der Waals surface area contributed by atoms with E-state index < -0.39 is 0 Å². The third-order valence-corrected chi connectivity index (χ3v) is 2.56. The van der Waals surface area contributed by atoms with Gasteiger partial charge in [0.2, 0.25) is 5.91 Å². The van der Waals surface area contributed by atoms with Gasteiger partial charge in [-0.25, -0.2) is 5.11 Å². The number of hydrogen-bond acceptors (Lipinski definition) is 1. The lowest BCUT2D eigenvalue weighted by Gasteiger charge is -2.04. The molecule has 1 amide bonds. The number of hydrogen-bond donors (Lipinski definition) is 1. The van der Waals surface area contributed by atoms with Gasteiger partial charge in [0.25, 0.3) is 0 Å². The van der Waals surface area contributed by atoms with Gasteiger partial charge >= 0.3 is 0 Å². The molecule has 0 bridgehead atoms. The van der Waals surface area contributed by atoms with Crippen LogP contribution in [-0.4, -0.2) is 12.5 Å². The molecule has 1 N–H and O–H groups in total. The summed E-state index contributed by atoms with van der Waals surface area (Å²) in [6.45, 7) is -0.0895. The summed E-state index contributed by atoms with van der Waals surface area (Å²) in [7, 11) is 0. The topological polar surface area (TPSA) is 49.0 Å². The molecule has 0 heterocycles. The minimum Gasteiger partial charge on any atom is -0.326 e. The Balaban J connectivity index is 1.94. The van der Waals surface area contributed by atoms with Gasteiger partial charge in [-0.1, -0.05) is 12.1 Å². The molecule has 0 aromatic heterocycles. The van der Waals surface area contributed by atoms with Crippen LogP contribution in [0.1, 0.15) is 18.4 Å². The van der Waals surface area contributed by atoms with E-state index in [0.717, 1.165) is 24.1 Å². The minimum atomic E-state index is -0.0895. The number of rotatable bonds is 4. The maximum absolute atomic E-state index is 11.4. The van der Waals surface area contributed by atoms with Gasteiger partial charge in [-0.2, -0.15) is 0 Å². The van der Waals surface area contributed by atoms with E-state index in [1.165, 1.54) is 0 Å². The van der Waals surface area contributed by atoms with Crippen LogP contribution in [0.2, 0.25) is 0 Å². The predicted octanol–water partition coefficient (Wildman–Crippen LogP) is 2.01. The van der Waals surface area contributed by atoms with E-state index in [2.05, 4.69) is 5.32 Å². The van der Waals surface area contributed by atoms with E-state index in [-0.39, 0.29) is 18.4 Å². The molecular weight excluding hydrogens is 190 g/mol. The number of benzene rings is 1. The summed E-state index contributed by atoms with van der Waals surface area (Å²) < 4.78 is 0. The first-order chi connectivity index (χ1) is 7.29. The van der Waals surface area contributed by atoms with Crippen LogP contribution in [0.4, 0.5) is 5.69 Å². The van der Waals surface area contributed by atoms with Crippen molar-refractivity contribution >= 4 is 11.6 Å². The van der Waals surface area contributed by atoms with Gasteiger partial charge in [-0.15, -0.1) is 0 Å². The van der Waals surface area contributed by atoms with Gasteiger partial charge in [0.1, 0.15) is 0 Å². The molecule has 1 aromatic rings. The van der Waals surface area contributed by atoms with Gasteiger partial charge in [0.15, 0.2) is 0 Å². The number of amides is 1. The second kappa shape index (κ2) is 4.45. The highest BCUT2D eigenvalue weighted by atomic mass is 16.2. The molecule has 0 unspecified atom stereocenters. The van der Waals surface area contributed by atoms with E-state index in [1.807, 2.05) is 24.3 Å². The first-order valence-corrected chi connectivity index (χ1v) is 5.27. The highest BCUT2D eigenvalue weighted by Crippen LogP contribution is 2.30. The van der Waals surface area contributed by atoms with Crippen molar-refractivity contribution in [3.63, 3.8) is 0 Å². The maximum atomic E-state index is 11.4. The van der Waals surface area contributed by atoms with E-state index in [1.54, 1.807) is 0 Å². The highest BCUT2D eigenvalue weighted by molar-refractivity contribution is 5.93. The van der Waals surface area contributed by atoms with Crippen molar-refractivity contribution < 1.29 is 9.90 Å². The molecule has 1 saturated carbocycles. The molecule has 0 atom stereocenters. The Labute approximate surface area is 89.1 Å². The molecule has 1 aliphatic rings. The van der Waals surface area contributed by atoms with Crippen molar-refractivity contribution in [1.82, 2.24) is 0 Å². The molecular formula is C12H14NO2. The van der Waals surface area contributed by atoms with Crippen molar-refractivity contribution in [1.29, 1.82) is 0 Å². The first kappa shape index (κ1) is 10.2. The summed E-state index contributed by atoms with van der Waals surface area (Å²) in [5, 5.41) is 13.2. The van der Waals surface area contributed by atoms with Gasteiger partial charge in [-0.3, -0.25) is 4.79 Å². The normalized spacial score (nSPS) is 15.0. The lowest BCUT2D eigenvalue weighted by atomic mass is 10.1. The van der Waals surface area contributed by atoms with Gasteiger partial charge in [-0.05, 0) is 37.0 Å². The molecule has 0 aliphatic heterocycles. The zero-order chi connectivity index (χ0) is 10.7. The van der Waals surface area contributed by atoms with Crippen molar-refractivity contribution in [2.24, 2.45) is 5.92 Å². The molecule has 2 rings (SSSR count). The standard InChI is InChI=1S/C12H14NO2/c14-8-7-9-1-5-11(6-2-9)13-12(15)10-3-4-10/h1-2,5-6,10H,3-4,7-8H2,(H,13,15). The lowest BCUT2D eigenvalue weighted by Crippen LogP contribution is -2.13. The molecule has 3 nitrogen and oxygen atoms in total. The van der Waals surface area contributed by atoms with Crippen LogP contribution in [0.25, 0.3) is 0 Å². The molecule has 0 saturated heterocycles. The van der Waals surface area contributed by atoms with E-state index in [0.29, 0.717) is 6.42 Å². The van der Waals surface area contributed by atoms with Gasteiger partial charge in [0.05, 0.1) is 6.61 Å². The van der Waals surface area contributed by atoms with Crippen LogP contribution in [-0.2, 0) is 16.3 Å². The molecule has 1 radical (unpaired) electrons. The second-order valence-corrected chi connectivity index (χ2v) is 3.91.